The molecule has 0 amide bonds. The fraction of sp³-hybridized carbons (Fsp3) is 0.133. The van der Waals surface area contributed by atoms with Crippen LogP contribution in [0.15, 0.2) is 36.4 Å². The summed E-state index contributed by atoms with van der Waals surface area (Å²) in [4.78, 5) is 0.318. The summed E-state index contributed by atoms with van der Waals surface area (Å²) in [5, 5.41) is 3.72. The van der Waals surface area contributed by atoms with Gasteiger partial charge in [0, 0.05) is 23.4 Å². The Bertz CT molecular complexity index is 677. The molecule has 0 saturated heterocycles. The van der Waals surface area contributed by atoms with Gasteiger partial charge in [0.2, 0.25) is 0 Å². The fourth-order valence-electron chi connectivity index (χ4n) is 1.91. The Morgan fingerprint density at radius 2 is 1.76 bits per heavy atom. The van der Waals surface area contributed by atoms with E-state index in [0.717, 1.165) is 11.3 Å². The minimum atomic E-state index is 0.318. The highest BCUT2D eigenvalue weighted by Gasteiger charge is 2.12. The lowest BCUT2D eigenvalue weighted by Gasteiger charge is -2.16. The molecule has 2 aromatic rings. The van der Waals surface area contributed by atoms with Gasteiger partial charge in [0.1, 0.15) is 16.5 Å². The standard InChI is InChI=1S/C15H15ClN2O2S/c1-19-13-8-12(14(20-2)7-10(13)16)18-11-6-4-3-5-9(11)15(17)21/h3-8,18H,1-2H3,(H2,17,21). The normalized spacial score (nSPS) is 10.0. The highest BCUT2D eigenvalue weighted by Crippen LogP contribution is 2.37. The second kappa shape index (κ2) is 6.65. The number of rotatable bonds is 5. The van der Waals surface area contributed by atoms with Gasteiger partial charge in [0.25, 0.3) is 0 Å². The van der Waals surface area contributed by atoms with Crippen LogP contribution >= 0.6 is 23.8 Å². The maximum atomic E-state index is 6.09. The number of hydrogen-bond acceptors (Lipinski definition) is 4. The summed E-state index contributed by atoms with van der Waals surface area (Å²) in [5.41, 5.74) is 7.98. The number of anilines is 2. The van der Waals surface area contributed by atoms with E-state index in [1.165, 1.54) is 0 Å². The summed E-state index contributed by atoms with van der Waals surface area (Å²) in [7, 11) is 3.13. The van der Waals surface area contributed by atoms with E-state index < -0.39 is 0 Å². The maximum Gasteiger partial charge on any atom is 0.144 e. The van der Waals surface area contributed by atoms with Crippen LogP contribution < -0.4 is 20.5 Å². The average molecular weight is 323 g/mol. The Kier molecular flexibility index (Phi) is 4.88. The molecule has 0 aliphatic heterocycles. The molecule has 0 aliphatic carbocycles. The monoisotopic (exact) mass is 322 g/mol. The van der Waals surface area contributed by atoms with Gasteiger partial charge in [-0.3, -0.25) is 0 Å². The molecular formula is C15H15ClN2O2S. The number of nitrogens with two attached hydrogens (primary N) is 1. The van der Waals surface area contributed by atoms with Crippen LogP contribution in [0.1, 0.15) is 5.56 Å². The van der Waals surface area contributed by atoms with Crippen molar-refractivity contribution in [2.24, 2.45) is 5.73 Å². The van der Waals surface area contributed by atoms with E-state index in [1.54, 1.807) is 26.4 Å². The predicted molar refractivity (Wildman–Crippen MR) is 90.2 cm³/mol. The van der Waals surface area contributed by atoms with Crippen LogP contribution in [0.2, 0.25) is 5.02 Å². The van der Waals surface area contributed by atoms with Gasteiger partial charge >= 0.3 is 0 Å². The van der Waals surface area contributed by atoms with Crippen molar-refractivity contribution < 1.29 is 9.47 Å². The van der Waals surface area contributed by atoms with Gasteiger partial charge < -0.3 is 20.5 Å². The van der Waals surface area contributed by atoms with Crippen molar-refractivity contribution in [2.45, 2.75) is 0 Å². The maximum absolute atomic E-state index is 6.09. The molecule has 0 aromatic heterocycles. The third-order valence-corrected chi connectivity index (χ3v) is 3.45. The van der Waals surface area contributed by atoms with E-state index in [0.29, 0.717) is 27.2 Å². The number of ether oxygens (including phenoxy) is 2. The Morgan fingerprint density at radius 3 is 2.38 bits per heavy atom. The molecule has 0 unspecified atom stereocenters. The number of methoxy groups -OCH3 is 2. The summed E-state index contributed by atoms with van der Waals surface area (Å²) in [5.74, 6) is 1.14. The minimum Gasteiger partial charge on any atom is -0.495 e. The zero-order chi connectivity index (χ0) is 15.4. The van der Waals surface area contributed by atoms with Crippen LogP contribution in [0.25, 0.3) is 0 Å². The lowest BCUT2D eigenvalue weighted by molar-refractivity contribution is 0.405. The Labute approximate surface area is 133 Å². The molecule has 4 nitrogen and oxygen atoms in total. The molecule has 2 rings (SSSR count). The summed E-state index contributed by atoms with van der Waals surface area (Å²) in [6.45, 7) is 0. The van der Waals surface area contributed by atoms with Crippen molar-refractivity contribution in [1.29, 1.82) is 0 Å². The number of para-hydroxylation sites is 1. The first-order valence-corrected chi connectivity index (χ1v) is 6.92. The van der Waals surface area contributed by atoms with E-state index >= 15 is 0 Å². The quantitative estimate of drug-likeness (QED) is 0.821. The molecule has 21 heavy (non-hydrogen) atoms. The van der Waals surface area contributed by atoms with Crippen LogP contribution in [0.3, 0.4) is 0 Å². The first kappa shape index (κ1) is 15.4. The second-order valence-corrected chi connectivity index (χ2v) is 5.07. The van der Waals surface area contributed by atoms with Crippen LogP contribution in [-0.4, -0.2) is 19.2 Å². The van der Waals surface area contributed by atoms with Gasteiger partial charge in [0.15, 0.2) is 0 Å². The van der Waals surface area contributed by atoms with E-state index in [2.05, 4.69) is 5.32 Å². The minimum absolute atomic E-state index is 0.318. The zero-order valence-corrected chi connectivity index (χ0v) is 13.2. The molecule has 0 heterocycles. The molecule has 0 saturated carbocycles. The summed E-state index contributed by atoms with van der Waals surface area (Å²) < 4.78 is 10.6. The molecular weight excluding hydrogens is 308 g/mol. The van der Waals surface area contributed by atoms with Gasteiger partial charge in [-0.05, 0) is 12.1 Å². The third kappa shape index (κ3) is 3.37. The van der Waals surface area contributed by atoms with Gasteiger partial charge in [-0.15, -0.1) is 0 Å². The molecule has 2 aromatic carbocycles. The zero-order valence-electron chi connectivity index (χ0n) is 11.6. The molecule has 0 atom stereocenters. The van der Waals surface area contributed by atoms with Crippen molar-refractivity contribution in [3.8, 4) is 11.5 Å². The molecule has 0 radical (unpaired) electrons. The van der Waals surface area contributed by atoms with Crippen LogP contribution in [-0.2, 0) is 0 Å². The third-order valence-electron chi connectivity index (χ3n) is 2.94. The van der Waals surface area contributed by atoms with Crippen molar-refractivity contribution in [2.75, 3.05) is 19.5 Å². The SMILES string of the molecule is COc1cc(Nc2ccccc2C(N)=S)c(OC)cc1Cl. The van der Waals surface area contributed by atoms with Gasteiger partial charge in [-0.25, -0.2) is 0 Å². The van der Waals surface area contributed by atoms with Crippen molar-refractivity contribution in [1.82, 2.24) is 0 Å². The molecule has 0 fully saturated rings. The van der Waals surface area contributed by atoms with Crippen LogP contribution in [0, 0.1) is 0 Å². The Morgan fingerprint density at radius 1 is 1.10 bits per heavy atom. The first-order chi connectivity index (χ1) is 10.1. The number of benzene rings is 2. The van der Waals surface area contributed by atoms with Gasteiger partial charge in [-0.1, -0.05) is 36.0 Å². The van der Waals surface area contributed by atoms with E-state index in [4.69, 9.17) is 39.0 Å². The molecule has 6 heteroatoms. The highest BCUT2D eigenvalue weighted by molar-refractivity contribution is 7.80. The second-order valence-electron chi connectivity index (χ2n) is 4.22. The fourth-order valence-corrected chi connectivity index (χ4v) is 2.32. The summed E-state index contributed by atoms with van der Waals surface area (Å²) in [6, 6.07) is 11.0. The largest absolute Gasteiger partial charge is 0.495 e. The lowest BCUT2D eigenvalue weighted by atomic mass is 10.1. The Balaban J connectivity index is 2.46. The van der Waals surface area contributed by atoms with Gasteiger partial charge in [0.05, 0.1) is 24.9 Å². The molecule has 3 N–H and O–H groups in total. The summed E-state index contributed by atoms with van der Waals surface area (Å²) in [6.07, 6.45) is 0. The molecule has 110 valence electrons. The smallest absolute Gasteiger partial charge is 0.144 e. The number of halogens is 1. The number of nitrogens with one attached hydrogen (secondary N) is 1. The lowest BCUT2D eigenvalue weighted by Crippen LogP contribution is -2.11. The van der Waals surface area contributed by atoms with Crippen molar-refractivity contribution in [3.63, 3.8) is 0 Å². The Hall–Kier alpha value is -1.98. The van der Waals surface area contributed by atoms with E-state index in [-0.39, 0.29) is 0 Å². The van der Waals surface area contributed by atoms with Crippen LogP contribution in [0.4, 0.5) is 11.4 Å². The topological polar surface area (TPSA) is 56.5 Å². The number of thiocarbonyl (C=S) groups is 1. The summed E-state index contributed by atoms with van der Waals surface area (Å²) >= 11 is 11.1. The van der Waals surface area contributed by atoms with Gasteiger partial charge in [-0.2, -0.15) is 0 Å². The molecule has 0 bridgehead atoms. The van der Waals surface area contributed by atoms with E-state index in [9.17, 15) is 0 Å². The first-order valence-electron chi connectivity index (χ1n) is 6.14. The average Bonchev–Trinajstić information content (AvgIpc) is 2.48. The predicted octanol–water partition coefficient (Wildman–Crippen LogP) is 3.74. The highest BCUT2D eigenvalue weighted by atomic mass is 35.5. The number of hydrogen-bond donors (Lipinski definition) is 2. The van der Waals surface area contributed by atoms with Crippen molar-refractivity contribution in [3.05, 3.63) is 47.0 Å². The molecule has 0 spiro atoms. The van der Waals surface area contributed by atoms with E-state index in [1.807, 2.05) is 24.3 Å². The molecule has 0 aliphatic rings. The van der Waals surface area contributed by atoms with Crippen molar-refractivity contribution >= 4 is 40.2 Å². The van der Waals surface area contributed by atoms with Crippen LogP contribution in [0.5, 0.6) is 11.5 Å².